The maximum absolute atomic E-state index is 13.7. The second-order valence-electron chi connectivity index (χ2n) is 8.47. The highest BCUT2D eigenvalue weighted by Gasteiger charge is 2.39. The number of methoxy groups -OCH3 is 1. The summed E-state index contributed by atoms with van der Waals surface area (Å²) in [7, 11) is 1.48. The molecule has 0 fully saturated rings. The second kappa shape index (κ2) is 11.5. The number of alkyl halides is 3. The lowest BCUT2D eigenvalue weighted by Gasteiger charge is -2.15. The van der Waals surface area contributed by atoms with Gasteiger partial charge < -0.3 is 15.2 Å². The summed E-state index contributed by atoms with van der Waals surface area (Å²) in [5.74, 6) is -2.00. The van der Waals surface area contributed by atoms with Gasteiger partial charge in [0.25, 0.3) is 17.0 Å². The third-order valence-electron chi connectivity index (χ3n) is 5.60. The molecule has 11 nitrogen and oxygen atoms in total. The maximum atomic E-state index is 13.7. The standard InChI is InChI=1S/C26H18ClF3N6O5/c1-40-18-4-2-14(3-5-18)11-36-24(38)20(23(32)37)9-17(34-36)12-35-13-33-22(26(28,29)30)21(25(35)39)41-19-7-15(10-31)6-16(27)8-19/h2-9,13H,11-12H2,1H3,(H2,32,37). The minimum atomic E-state index is -5.08. The van der Waals surface area contributed by atoms with Crippen LogP contribution in [0.15, 0.2) is 64.4 Å². The number of nitrogens with zero attached hydrogens (tertiary/aromatic N) is 5. The molecule has 2 N–H and O–H groups in total. The van der Waals surface area contributed by atoms with Crippen molar-refractivity contribution in [2.45, 2.75) is 19.3 Å². The van der Waals surface area contributed by atoms with E-state index in [4.69, 9.17) is 32.1 Å². The van der Waals surface area contributed by atoms with Crippen molar-refractivity contribution in [1.29, 1.82) is 5.26 Å². The third-order valence-corrected chi connectivity index (χ3v) is 5.82. The summed E-state index contributed by atoms with van der Waals surface area (Å²) >= 11 is 5.91. The Morgan fingerprint density at radius 3 is 2.39 bits per heavy atom. The summed E-state index contributed by atoms with van der Waals surface area (Å²) in [5.41, 5.74) is 1.75. The zero-order valence-corrected chi connectivity index (χ0v) is 21.7. The fraction of sp³-hybridized carbons (Fsp3) is 0.154. The van der Waals surface area contributed by atoms with Crippen LogP contribution in [0.2, 0.25) is 5.02 Å². The van der Waals surface area contributed by atoms with Crippen LogP contribution < -0.4 is 26.3 Å². The number of hydrogen-bond donors (Lipinski definition) is 1. The smallest absolute Gasteiger partial charge is 0.437 e. The van der Waals surface area contributed by atoms with Gasteiger partial charge in [-0.2, -0.15) is 23.5 Å². The molecular weight excluding hydrogens is 569 g/mol. The van der Waals surface area contributed by atoms with Crippen molar-refractivity contribution in [2.24, 2.45) is 5.73 Å². The summed E-state index contributed by atoms with van der Waals surface area (Å²) in [6, 6.07) is 12.9. The molecule has 2 aromatic heterocycles. The van der Waals surface area contributed by atoms with Gasteiger partial charge in [-0.3, -0.25) is 19.0 Å². The van der Waals surface area contributed by atoms with Gasteiger partial charge in [0.15, 0.2) is 5.69 Å². The first kappa shape index (κ1) is 28.8. The normalized spacial score (nSPS) is 11.1. The first-order valence-electron chi connectivity index (χ1n) is 11.5. The van der Waals surface area contributed by atoms with Crippen LogP contribution in [0.3, 0.4) is 0 Å². The molecule has 41 heavy (non-hydrogen) atoms. The molecule has 0 spiro atoms. The number of ether oxygens (including phenoxy) is 2. The van der Waals surface area contributed by atoms with Gasteiger partial charge >= 0.3 is 6.18 Å². The number of halogens is 4. The molecule has 0 saturated carbocycles. The molecule has 0 bridgehead atoms. The zero-order valence-electron chi connectivity index (χ0n) is 21.0. The average Bonchev–Trinajstić information content (AvgIpc) is 2.91. The van der Waals surface area contributed by atoms with Gasteiger partial charge in [-0.1, -0.05) is 23.7 Å². The van der Waals surface area contributed by atoms with Crippen LogP contribution in [-0.2, 0) is 19.3 Å². The Bertz CT molecular complexity index is 1800. The summed E-state index contributed by atoms with van der Waals surface area (Å²) in [4.78, 5) is 41.4. The second-order valence-corrected chi connectivity index (χ2v) is 8.90. The van der Waals surface area contributed by atoms with Crippen LogP contribution in [0.1, 0.15) is 32.9 Å². The van der Waals surface area contributed by atoms with E-state index in [0.29, 0.717) is 17.6 Å². The van der Waals surface area contributed by atoms with E-state index in [2.05, 4.69) is 10.1 Å². The van der Waals surface area contributed by atoms with Gasteiger partial charge in [0, 0.05) is 5.02 Å². The van der Waals surface area contributed by atoms with E-state index in [0.717, 1.165) is 27.4 Å². The topological polar surface area (TPSA) is 155 Å². The number of carbonyl (C=O) groups excluding carboxylic acids is 1. The summed E-state index contributed by atoms with van der Waals surface area (Å²) < 4.78 is 53.2. The quantitative estimate of drug-likeness (QED) is 0.330. The molecule has 1 amide bonds. The molecule has 0 aliphatic rings. The Kier molecular flexibility index (Phi) is 8.11. The number of hydrogen-bond acceptors (Lipinski definition) is 8. The lowest BCUT2D eigenvalue weighted by atomic mass is 10.2. The van der Waals surface area contributed by atoms with Gasteiger partial charge in [-0.05, 0) is 42.0 Å². The van der Waals surface area contributed by atoms with Gasteiger partial charge in [0.2, 0.25) is 5.75 Å². The van der Waals surface area contributed by atoms with Crippen molar-refractivity contribution in [3.8, 4) is 23.3 Å². The number of primary amides is 1. The molecular formula is C26H18ClF3N6O5. The van der Waals surface area contributed by atoms with Crippen molar-refractivity contribution < 1.29 is 27.4 Å². The van der Waals surface area contributed by atoms with Crippen molar-refractivity contribution in [1.82, 2.24) is 19.3 Å². The van der Waals surface area contributed by atoms with Crippen molar-refractivity contribution in [3.05, 3.63) is 109 Å². The van der Waals surface area contributed by atoms with Crippen molar-refractivity contribution in [3.63, 3.8) is 0 Å². The monoisotopic (exact) mass is 586 g/mol. The van der Waals surface area contributed by atoms with E-state index in [1.54, 1.807) is 30.3 Å². The molecule has 4 aromatic rings. The number of nitrogens with two attached hydrogens (primary N) is 1. The van der Waals surface area contributed by atoms with E-state index >= 15 is 0 Å². The summed E-state index contributed by atoms with van der Waals surface area (Å²) in [6.07, 6.45) is -4.45. The Balaban J connectivity index is 1.77. The minimum absolute atomic E-state index is 0.0147. The van der Waals surface area contributed by atoms with Crippen LogP contribution in [0.25, 0.3) is 0 Å². The van der Waals surface area contributed by atoms with E-state index in [1.807, 2.05) is 0 Å². The molecule has 4 rings (SSSR count). The van der Waals surface area contributed by atoms with Crippen LogP contribution in [0.5, 0.6) is 17.2 Å². The Morgan fingerprint density at radius 2 is 1.78 bits per heavy atom. The molecule has 210 valence electrons. The molecule has 0 saturated heterocycles. The number of amides is 1. The molecule has 0 radical (unpaired) electrons. The molecule has 2 aromatic carbocycles. The molecule has 2 heterocycles. The van der Waals surface area contributed by atoms with Crippen LogP contribution in [0.4, 0.5) is 13.2 Å². The van der Waals surface area contributed by atoms with Crippen molar-refractivity contribution >= 4 is 17.5 Å². The molecule has 0 aliphatic heterocycles. The predicted octanol–water partition coefficient (Wildman–Crippen LogP) is 3.34. The molecule has 0 aliphatic carbocycles. The average molecular weight is 587 g/mol. The van der Waals surface area contributed by atoms with E-state index < -0.39 is 46.8 Å². The zero-order chi connectivity index (χ0) is 29.9. The Labute approximate surface area is 233 Å². The lowest BCUT2D eigenvalue weighted by Crippen LogP contribution is -2.33. The highest BCUT2D eigenvalue weighted by molar-refractivity contribution is 6.30. The fourth-order valence-corrected chi connectivity index (χ4v) is 3.94. The lowest BCUT2D eigenvalue weighted by molar-refractivity contribution is -0.142. The molecule has 0 unspecified atom stereocenters. The highest BCUT2D eigenvalue weighted by Crippen LogP contribution is 2.35. The van der Waals surface area contributed by atoms with E-state index in [-0.39, 0.29) is 28.6 Å². The number of benzene rings is 2. The van der Waals surface area contributed by atoms with Gasteiger partial charge in [-0.15, -0.1) is 0 Å². The van der Waals surface area contributed by atoms with Gasteiger partial charge in [0.05, 0.1) is 43.9 Å². The Hall–Kier alpha value is -5.16. The SMILES string of the molecule is COc1ccc(Cn2nc(Cn3cnc(C(F)(F)F)c(Oc4cc(Cl)cc(C#N)c4)c3=O)cc(C(N)=O)c2=O)cc1. The fourth-order valence-electron chi connectivity index (χ4n) is 3.72. The molecule has 15 heteroatoms. The van der Waals surface area contributed by atoms with Crippen LogP contribution in [0, 0.1) is 11.3 Å². The predicted molar refractivity (Wildman–Crippen MR) is 138 cm³/mol. The van der Waals surface area contributed by atoms with E-state index in [1.165, 1.54) is 13.2 Å². The first-order valence-corrected chi connectivity index (χ1v) is 11.9. The number of aromatic nitrogens is 4. The molecule has 0 atom stereocenters. The van der Waals surface area contributed by atoms with Gasteiger partial charge in [-0.25, -0.2) is 9.67 Å². The number of rotatable bonds is 8. The summed E-state index contributed by atoms with van der Waals surface area (Å²) in [5, 5.41) is 13.3. The highest BCUT2D eigenvalue weighted by atomic mass is 35.5. The minimum Gasteiger partial charge on any atom is -0.497 e. The number of nitriles is 1. The van der Waals surface area contributed by atoms with E-state index in [9.17, 15) is 27.6 Å². The summed E-state index contributed by atoms with van der Waals surface area (Å²) in [6.45, 7) is -0.607. The maximum Gasteiger partial charge on any atom is 0.437 e. The third kappa shape index (κ3) is 6.53. The van der Waals surface area contributed by atoms with Crippen LogP contribution >= 0.6 is 11.6 Å². The largest absolute Gasteiger partial charge is 0.497 e. The first-order chi connectivity index (χ1) is 19.4. The Morgan fingerprint density at radius 1 is 1.07 bits per heavy atom. The van der Waals surface area contributed by atoms with Crippen LogP contribution in [-0.4, -0.2) is 32.3 Å². The number of carbonyl (C=O) groups is 1. The van der Waals surface area contributed by atoms with Gasteiger partial charge in [0.1, 0.15) is 17.1 Å². The van der Waals surface area contributed by atoms with Crippen molar-refractivity contribution in [2.75, 3.05) is 7.11 Å².